The number of aliphatic hydroxyl groups is 1. The Labute approximate surface area is 306 Å². The fourth-order valence-electron chi connectivity index (χ4n) is 6.36. The molecule has 16 nitrogen and oxygen atoms in total. The highest BCUT2D eigenvalue weighted by atomic mass is 32.2. The average molecular weight is 776 g/mol. The van der Waals surface area contributed by atoms with Crippen molar-refractivity contribution in [3.63, 3.8) is 0 Å². The Morgan fingerprint density at radius 1 is 1.15 bits per heavy atom. The third-order valence-corrected chi connectivity index (χ3v) is 12.4. The van der Waals surface area contributed by atoms with E-state index in [0.29, 0.717) is 38.3 Å². The molecule has 3 heterocycles. The number of ether oxygens (including phenoxy) is 5. The smallest absolute Gasteiger partial charge is 0.407 e. The second-order valence-corrected chi connectivity index (χ2v) is 17.5. The van der Waals surface area contributed by atoms with E-state index in [9.17, 15) is 32.6 Å². The summed E-state index contributed by atoms with van der Waals surface area (Å²) in [7, 11) is -6.63. The SMILES string of the molecule is CCOC(=O)[C@@H](C)OP(=O)(O)CCN1CC=C(C[C@H](NC(=O)O[C@H]2CO[C@H]3OCC[C@H]32)[C@H](O)CN(CC(C)C)S(=O)(=O)c2ccc(OC)cc2)CC1. The maximum absolute atomic E-state index is 13.8. The molecule has 52 heavy (non-hydrogen) atoms. The zero-order valence-corrected chi connectivity index (χ0v) is 32.3. The molecule has 0 spiro atoms. The first-order valence-electron chi connectivity index (χ1n) is 17.7. The minimum absolute atomic E-state index is 0.0443. The van der Waals surface area contributed by atoms with Crippen LogP contribution in [-0.4, -0.2) is 136 Å². The summed E-state index contributed by atoms with van der Waals surface area (Å²) in [5.41, 5.74) is 0.904. The number of hydrogen-bond donors (Lipinski definition) is 3. The van der Waals surface area contributed by atoms with E-state index in [1.165, 1.54) is 30.5 Å². The topological polar surface area (TPSA) is 200 Å². The van der Waals surface area contributed by atoms with E-state index in [2.05, 4.69) is 5.32 Å². The summed E-state index contributed by atoms with van der Waals surface area (Å²) in [5.74, 6) is -0.372. The number of hydrogen-bond acceptors (Lipinski definition) is 13. The third-order valence-electron chi connectivity index (χ3n) is 9.18. The van der Waals surface area contributed by atoms with Gasteiger partial charge in [-0.3, -0.25) is 14.0 Å². The lowest BCUT2D eigenvalue weighted by atomic mass is 9.96. The van der Waals surface area contributed by atoms with Gasteiger partial charge in [0.25, 0.3) is 0 Å². The molecular weight excluding hydrogens is 721 g/mol. The minimum Gasteiger partial charge on any atom is -0.497 e. The molecule has 1 aromatic rings. The first-order chi connectivity index (χ1) is 24.6. The van der Waals surface area contributed by atoms with Gasteiger partial charge in [-0.2, -0.15) is 4.31 Å². The monoisotopic (exact) mass is 775 g/mol. The Bertz CT molecular complexity index is 1530. The Hall–Kier alpha value is -2.60. The molecule has 1 amide bonds. The van der Waals surface area contributed by atoms with Crippen LogP contribution in [0.1, 0.15) is 47.0 Å². The summed E-state index contributed by atoms with van der Waals surface area (Å²) in [4.78, 5) is 37.4. The van der Waals surface area contributed by atoms with Crippen LogP contribution in [0.2, 0.25) is 0 Å². The van der Waals surface area contributed by atoms with Gasteiger partial charge in [-0.15, -0.1) is 0 Å². The van der Waals surface area contributed by atoms with E-state index < -0.39 is 60.3 Å². The number of carbonyl (C=O) groups is 2. The van der Waals surface area contributed by atoms with E-state index in [1.54, 1.807) is 19.1 Å². The summed E-state index contributed by atoms with van der Waals surface area (Å²) in [6.45, 7) is 8.57. The number of methoxy groups -OCH3 is 1. The standard InChI is InChI=1S/C34H54N3O13PS/c1-6-46-32(39)24(4)50-51(41,42)18-16-36-14-11-25(12-15-36)19-29(35-34(40)49-31-22-48-33-28(31)13-17-47-33)30(38)21-37(20-23(2)3)52(43,44)27-9-7-26(45-5)8-10-27/h7-11,23-24,28-31,33,38H,6,12-22H2,1-5H3,(H,35,40)(H,41,42)/t24-,28+,29+,30-,31+,33-/m1/s1. The number of esters is 1. The van der Waals surface area contributed by atoms with Crippen molar-refractivity contribution in [3.8, 4) is 5.75 Å². The summed E-state index contributed by atoms with van der Waals surface area (Å²) in [6, 6.07) is 5.09. The van der Waals surface area contributed by atoms with Crippen molar-refractivity contribution < 1.29 is 60.8 Å². The highest BCUT2D eigenvalue weighted by molar-refractivity contribution is 7.89. The second kappa shape index (κ2) is 19.1. The summed E-state index contributed by atoms with van der Waals surface area (Å²) in [5, 5.41) is 14.5. The molecule has 0 aliphatic carbocycles. The van der Waals surface area contributed by atoms with Crippen LogP contribution in [0.15, 0.2) is 40.8 Å². The van der Waals surface area contributed by atoms with Crippen LogP contribution in [0.4, 0.5) is 4.79 Å². The number of nitrogens with one attached hydrogen (secondary N) is 1. The molecule has 1 unspecified atom stereocenters. The van der Waals surface area contributed by atoms with Crippen LogP contribution >= 0.6 is 7.60 Å². The van der Waals surface area contributed by atoms with Crippen LogP contribution in [0, 0.1) is 11.8 Å². The molecule has 1 aromatic carbocycles. The van der Waals surface area contributed by atoms with E-state index in [1.807, 2.05) is 24.8 Å². The van der Waals surface area contributed by atoms with Gasteiger partial charge < -0.3 is 39.0 Å². The van der Waals surface area contributed by atoms with Crippen molar-refractivity contribution in [3.05, 3.63) is 35.9 Å². The zero-order valence-electron chi connectivity index (χ0n) is 30.5. The van der Waals surface area contributed by atoms with Gasteiger partial charge >= 0.3 is 19.7 Å². The summed E-state index contributed by atoms with van der Waals surface area (Å²) < 4.78 is 73.5. The molecule has 0 bridgehead atoms. The fraction of sp³-hybridized carbons (Fsp3) is 0.706. The minimum atomic E-state index is -4.08. The van der Waals surface area contributed by atoms with Gasteiger partial charge in [0.15, 0.2) is 12.4 Å². The largest absolute Gasteiger partial charge is 0.497 e. The number of sulfonamides is 1. The van der Waals surface area contributed by atoms with Crippen LogP contribution in [0.25, 0.3) is 0 Å². The number of benzene rings is 1. The van der Waals surface area contributed by atoms with Gasteiger partial charge in [0, 0.05) is 32.7 Å². The van der Waals surface area contributed by atoms with Crippen molar-refractivity contribution in [1.29, 1.82) is 0 Å². The predicted octanol–water partition coefficient (Wildman–Crippen LogP) is 2.73. The third kappa shape index (κ3) is 12.0. The zero-order chi connectivity index (χ0) is 38.1. The number of aliphatic hydroxyl groups excluding tert-OH is 1. The van der Waals surface area contributed by atoms with Crippen molar-refractivity contribution >= 4 is 29.7 Å². The van der Waals surface area contributed by atoms with Gasteiger partial charge in [0.1, 0.15) is 11.9 Å². The fourth-order valence-corrected chi connectivity index (χ4v) is 9.20. The Morgan fingerprint density at radius 3 is 2.52 bits per heavy atom. The molecule has 3 aliphatic rings. The second-order valence-electron chi connectivity index (χ2n) is 13.7. The molecule has 3 N–H and O–H groups in total. The van der Waals surface area contributed by atoms with E-state index in [4.69, 9.17) is 28.2 Å². The lowest BCUT2D eigenvalue weighted by Gasteiger charge is -2.33. The maximum Gasteiger partial charge on any atom is 0.407 e. The number of alkyl carbamates (subject to hydrolysis) is 1. The van der Waals surface area contributed by atoms with E-state index in [0.717, 1.165) is 5.57 Å². The Kier molecular flexibility index (Phi) is 15.5. The molecule has 7 atom stereocenters. The Morgan fingerprint density at radius 2 is 1.88 bits per heavy atom. The van der Waals surface area contributed by atoms with Crippen LogP contribution in [0.5, 0.6) is 5.75 Å². The molecule has 0 radical (unpaired) electrons. The quantitative estimate of drug-likeness (QED) is 0.105. The highest BCUT2D eigenvalue weighted by Gasteiger charge is 2.44. The van der Waals surface area contributed by atoms with Gasteiger partial charge in [-0.05, 0) is 63.3 Å². The average Bonchev–Trinajstić information content (AvgIpc) is 3.72. The summed E-state index contributed by atoms with van der Waals surface area (Å²) in [6.07, 6.45) is -1.05. The Balaban J connectivity index is 1.45. The maximum atomic E-state index is 13.8. The lowest BCUT2D eigenvalue weighted by Crippen LogP contribution is -2.51. The van der Waals surface area contributed by atoms with Crippen LogP contribution < -0.4 is 10.1 Å². The van der Waals surface area contributed by atoms with Gasteiger partial charge in [0.05, 0.1) is 56.1 Å². The molecule has 294 valence electrons. The van der Waals surface area contributed by atoms with Crippen LogP contribution in [0.3, 0.4) is 0 Å². The van der Waals surface area contributed by atoms with Crippen molar-refractivity contribution in [2.45, 2.75) is 82.5 Å². The number of nitrogens with zero attached hydrogens (tertiary/aromatic N) is 2. The first-order valence-corrected chi connectivity index (χ1v) is 20.9. The molecule has 0 saturated carbocycles. The van der Waals surface area contributed by atoms with Gasteiger partial charge in [-0.25, -0.2) is 18.0 Å². The number of amides is 1. The van der Waals surface area contributed by atoms with Gasteiger partial charge in [0.2, 0.25) is 10.0 Å². The lowest BCUT2D eigenvalue weighted by molar-refractivity contribution is -0.150. The molecule has 4 rings (SSSR count). The normalized spacial score (nSPS) is 23.7. The molecule has 2 fully saturated rings. The van der Waals surface area contributed by atoms with Crippen LogP contribution in [-0.2, 0) is 42.9 Å². The van der Waals surface area contributed by atoms with Crippen molar-refractivity contribution in [2.75, 3.05) is 65.8 Å². The molecule has 0 aromatic heterocycles. The molecule has 18 heteroatoms. The van der Waals surface area contributed by atoms with Gasteiger partial charge in [-0.1, -0.05) is 25.5 Å². The molecule has 2 saturated heterocycles. The molecule has 3 aliphatic heterocycles. The summed E-state index contributed by atoms with van der Waals surface area (Å²) >= 11 is 0. The number of fused-ring (bicyclic) bond motifs is 1. The number of rotatable bonds is 19. The predicted molar refractivity (Wildman–Crippen MR) is 189 cm³/mol. The van der Waals surface area contributed by atoms with E-state index >= 15 is 0 Å². The van der Waals surface area contributed by atoms with Crippen molar-refractivity contribution in [2.24, 2.45) is 11.8 Å². The highest BCUT2D eigenvalue weighted by Crippen LogP contribution is 2.43. The first kappa shape index (κ1) is 42.1. The number of carbonyl (C=O) groups excluding carboxylic acids is 2. The van der Waals surface area contributed by atoms with E-state index in [-0.39, 0.29) is 62.2 Å². The van der Waals surface area contributed by atoms with Crippen molar-refractivity contribution in [1.82, 2.24) is 14.5 Å². The molecular formula is C34H54N3O13PS.